The Kier molecular flexibility index (Phi) is 6.00. The standard InChI is InChI=1S/C19H15N5O7/c1-31-19(26)17-5-3-2-4-12(17)10-22-11-14(9-20-22)21-18(25)13-6-15(23(27)28)8-16(7-13)24(29)30/h2-9,11H,10H2,1H3,(H,21,25). The van der Waals surface area contributed by atoms with Gasteiger partial charge >= 0.3 is 5.97 Å². The number of nitrogens with zero attached hydrogens (tertiary/aromatic N) is 4. The Morgan fingerprint density at radius 1 is 1.10 bits per heavy atom. The highest BCUT2D eigenvalue weighted by molar-refractivity contribution is 6.05. The number of anilines is 1. The van der Waals surface area contributed by atoms with Crippen molar-refractivity contribution >= 4 is 28.9 Å². The number of non-ortho nitro benzene ring substituents is 2. The summed E-state index contributed by atoms with van der Waals surface area (Å²) in [7, 11) is 1.28. The van der Waals surface area contributed by atoms with Crippen molar-refractivity contribution in [2.45, 2.75) is 6.54 Å². The number of benzene rings is 2. The fourth-order valence-electron chi connectivity index (χ4n) is 2.80. The van der Waals surface area contributed by atoms with Gasteiger partial charge in [0.25, 0.3) is 17.3 Å². The molecule has 1 aromatic heterocycles. The first-order valence-corrected chi connectivity index (χ1v) is 8.72. The minimum Gasteiger partial charge on any atom is -0.465 e. The minimum absolute atomic E-state index is 0.212. The highest BCUT2D eigenvalue weighted by Crippen LogP contribution is 2.23. The molecule has 0 aliphatic rings. The van der Waals surface area contributed by atoms with Gasteiger partial charge in [-0.25, -0.2) is 4.79 Å². The predicted molar refractivity (Wildman–Crippen MR) is 107 cm³/mol. The molecule has 0 radical (unpaired) electrons. The average molecular weight is 425 g/mol. The molecule has 0 spiro atoms. The number of carbonyl (C=O) groups excluding carboxylic acids is 2. The van der Waals surface area contributed by atoms with Crippen molar-refractivity contribution in [1.29, 1.82) is 0 Å². The summed E-state index contributed by atoms with van der Waals surface area (Å²) < 4.78 is 6.22. The number of rotatable bonds is 7. The minimum atomic E-state index is -0.819. The fraction of sp³-hybridized carbons (Fsp3) is 0.105. The van der Waals surface area contributed by atoms with Crippen molar-refractivity contribution < 1.29 is 24.2 Å². The van der Waals surface area contributed by atoms with Crippen molar-refractivity contribution in [1.82, 2.24) is 9.78 Å². The molecule has 0 bridgehead atoms. The number of esters is 1. The Hall–Kier alpha value is -4.61. The van der Waals surface area contributed by atoms with Gasteiger partial charge in [0, 0.05) is 18.3 Å². The van der Waals surface area contributed by atoms with Crippen molar-refractivity contribution in [3.8, 4) is 0 Å². The molecule has 12 nitrogen and oxygen atoms in total. The van der Waals surface area contributed by atoms with Crippen LogP contribution in [0.5, 0.6) is 0 Å². The lowest BCUT2D eigenvalue weighted by molar-refractivity contribution is -0.394. The van der Waals surface area contributed by atoms with E-state index in [1.165, 1.54) is 24.2 Å². The molecule has 1 heterocycles. The lowest BCUT2D eigenvalue weighted by Gasteiger charge is -2.07. The van der Waals surface area contributed by atoms with E-state index in [-0.39, 0.29) is 17.8 Å². The zero-order valence-corrected chi connectivity index (χ0v) is 16.0. The van der Waals surface area contributed by atoms with Crippen LogP contribution in [0.3, 0.4) is 0 Å². The Morgan fingerprint density at radius 2 is 1.74 bits per heavy atom. The normalized spacial score (nSPS) is 10.4. The molecule has 0 unspecified atom stereocenters. The maximum Gasteiger partial charge on any atom is 0.338 e. The number of nitrogens with one attached hydrogen (secondary N) is 1. The quantitative estimate of drug-likeness (QED) is 0.343. The summed E-state index contributed by atoms with van der Waals surface area (Å²) in [4.78, 5) is 44.7. The Morgan fingerprint density at radius 3 is 2.35 bits per heavy atom. The summed E-state index contributed by atoms with van der Waals surface area (Å²) in [5.74, 6) is -1.27. The number of hydrogen-bond acceptors (Lipinski definition) is 8. The van der Waals surface area contributed by atoms with Crippen molar-refractivity contribution in [3.63, 3.8) is 0 Å². The molecule has 31 heavy (non-hydrogen) atoms. The van der Waals surface area contributed by atoms with E-state index in [4.69, 9.17) is 4.74 Å². The highest BCUT2D eigenvalue weighted by Gasteiger charge is 2.20. The van der Waals surface area contributed by atoms with Gasteiger partial charge in [-0.2, -0.15) is 5.10 Å². The van der Waals surface area contributed by atoms with Crippen LogP contribution in [0.1, 0.15) is 26.3 Å². The molecule has 2 aromatic carbocycles. The Bertz CT molecular complexity index is 1160. The number of hydrogen-bond donors (Lipinski definition) is 1. The molecule has 158 valence electrons. The van der Waals surface area contributed by atoms with Crippen LogP contribution < -0.4 is 5.32 Å². The first kappa shape index (κ1) is 21.1. The number of carbonyl (C=O) groups is 2. The van der Waals surface area contributed by atoms with Crippen LogP contribution in [0.25, 0.3) is 0 Å². The van der Waals surface area contributed by atoms with Gasteiger partial charge in [0.1, 0.15) is 0 Å². The average Bonchev–Trinajstić information content (AvgIpc) is 3.19. The van der Waals surface area contributed by atoms with Crippen molar-refractivity contribution in [2.24, 2.45) is 0 Å². The molecule has 0 aliphatic heterocycles. The molecule has 0 aliphatic carbocycles. The fourth-order valence-corrected chi connectivity index (χ4v) is 2.80. The molecule has 3 aromatic rings. The molecule has 1 amide bonds. The van der Waals surface area contributed by atoms with Gasteiger partial charge in [-0.3, -0.25) is 29.7 Å². The second kappa shape index (κ2) is 8.82. The maximum absolute atomic E-state index is 12.5. The summed E-state index contributed by atoms with van der Waals surface area (Å²) >= 11 is 0. The summed E-state index contributed by atoms with van der Waals surface area (Å²) in [5.41, 5.74) is -0.122. The highest BCUT2D eigenvalue weighted by atomic mass is 16.6. The summed E-state index contributed by atoms with van der Waals surface area (Å²) in [6, 6.07) is 9.45. The molecule has 0 saturated heterocycles. The molecular weight excluding hydrogens is 410 g/mol. The molecule has 1 N–H and O–H groups in total. The van der Waals surface area contributed by atoms with Gasteiger partial charge in [-0.1, -0.05) is 18.2 Å². The summed E-state index contributed by atoms with van der Waals surface area (Å²) in [6.07, 6.45) is 2.82. The van der Waals surface area contributed by atoms with E-state index in [2.05, 4.69) is 10.4 Å². The van der Waals surface area contributed by atoms with Crippen LogP contribution in [0.4, 0.5) is 17.1 Å². The first-order valence-electron chi connectivity index (χ1n) is 8.72. The summed E-state index contributed by atoms with van der Waals surface area (Å²) in [6.45, 7) is 0.212. The van der Waals surface area contributed by atoms with E-state index in [1.54, 1.807) is 24.3 Å². The van der Waals surface area contributed by atoms with Gasteiger partial charge in [-0.15, -0.1) is 0 Å². The van der Waals surface area contributed by atoms with Gasteiger partial charge < -0.3 is 10.1 Å². The van der Waals surface area contributed by atoms with E-state index in [0.29, 0.717) is 11.1 Å². The molecular formula is C19H15N5O7. The molecule has 3 rings (SSSR count). The second-order valence-electron chi connectivity index (χ2n) is 6.28. The lowest BCUT2D eigenvalue weighted by atomic mass is 10.1. The van der Waals surface area contributed by atoms with Crippen LogP contribution in [-0.4, -0.2) is 38.6 Å². The molecule has 0 atom stereocenters. The zero-order chi connectivity index (χ0) is 22.5. The van der Waals surface area contributed by atoms with Crippen LogP contribution in [-0.2, 0) is 11.3 Å². The SMILES string of the molecule is COC(=O)c1ccccc1Cn1cc(NC(=O)c2cc([N+](=O)[O-])cc([N+](=O)[O-])c2)cn1. The third-order valence-corrected chi connectivity index (χ3v) is 4.23. The van der Waals surface area contributed by atoms with Crippen LogP contribution in [0.2, 0.25) is 0 Å². The van der Waals surface area contributed by atoms with Gasteiger partial charge in [0.05, 0.1) is 52.6 Å². The van der Waals surface area contributed by atoms with Gasteiger partial charge in [0.2, 0.25) is 0 Å². The zero-order valence-electron chi connectivity index (χ0n) is 16.0. The van der Waals surface area contributed by atoms with E-state index >= 15 is 0 Å². The van der Waals surface area contributed by atoms with E-state index in [9.17, 15) is 29.8 Å². The summed E-state index contributed by atoms with van der Waals surface area (Å²) in [5, 5.41) is 28.6. The topological polar surface area (TPSA) is 160 Å². The van der Waals surface area contributed by atoms with Crippen LogP contribution >= 0.6 is 0 Å². The monoisotopic (exact) mass is 425 g/mol. The number of nitro groups is 2. The first-order chi connectivity index (χ1) is 14.8. The molecule has 0 fully saturated rings. The van der Waals surface area contributed by atoms with Gasteiger partial charge in [0.15, 0.2) is 0 Å². The van der Waals surface area contributed by atoms with Gasteiger partial charge in [-0.05, 0) is 11.6 Å². The number of ether oxygens (including phenoxy) is 1. The Labute approximate surface area is 174 Å². The maximum atomic E-state index is 12.5. The number of amides is 1. The number of aromatic nitrogens is 2. The van der Waals surface area contributed by atoms with Crippen LogP contribution in [0, 0.1) is 20.2 Å². The lowest BCUT2D eigenvalue weighted by Crippen LogP contribution is -2.12. The predicted octanol–water partition coefficient (Wildman–Crippen LogP) is 2.79. The number of nitro benzene ring substituents is 2. The van der Waals surface area contributed by atoms with E-state index in [0.717, 1.165) is 18.2 Å². The third-order valence-electron chi connectivity index (χ3n) is 4.23. The smallest absolute Gasteiger partial charge is 0.338 e. The molecule has 12 heteroatoms. The Balaban J connectivity index is 1.79. The third kappa shape index (κ3) is 4.87. The molecule has 0 saturated carbocycles. The van der Waals surface area contributed by atoms with Crippen LogP contribution in [0.15, 0.2) is 54.9 Å². The number of methoxy groups -OCH3 is 1. The largest absolute Gasteiger partial charge is 0.465 e. The van der Waals surface area contributed by atoms with E-state index < -0.39 is 33.1 Å². The second-order valence-corrected chi connectivity index (χ2v) is 6.28. The van der Waals surface area contributed by atoms with Crippen molar-refractivity contribution in [2.75, 3.05) is 12.4 Å². The van der Waals surface area contributed by atoms with E-state index in [1.807, 2.05) is 0 Å². The van der Waals surface area contributed by atoms with Crippen molar-refractivity contribution in [3.05, 3.63) is 91.8 Å².